The lowest BCUT2D eigenvalue weighted by Crippen LogP contribution is -2.40. The molecule has 0 saturated carbocycles. The number of aliphatic carboxylic acids is 1. The largest absolute Gasteiger partial charge is 0.481 e. The van der Waals surface area contributed by atoms with Crippen LogP contribution in [0.3, 0.4) is 0 Å². The van der Waals surface area contributed by atoms with Gasteiger partial charge < -0.3 is 5.11 Å². The first-order valence-electron chi connectivity index (χ1n) is 6.31. The average Bonchev–Trinajstić information content (AvgIpc) is 2.38. The van der Waals surface area contributed by atoms with Crippen molar-refractivity contribution in [2.45, 2.75) is 25.8 Å². The van der Waals surface area contributed by atoms with Crippen molar-refractivity contribution in [3.05, 3.63) is 34.9 Å². The molecule has 0 aliphatic carbocycles. The van der Waals surface area contributed by atoms with Gasteiger partial charge in [0.05, 0.1) is 5.92 Å². The van der Waals surface area contributed by atoms with Crippen molar-refractivity contribution in [2.75, 3.05) is 13.1 Å². The van der Waals surface area contributed by atoms with Gasteiger partial charge in [-0.05, 0) is 37.9 Å². The van der Waals surface area contributed by atoms with Crippen molar-refractivity contribution in [3.63, 3.8) is 0 Å². The van der Waals surface area contributed by atoms with Crippen LogP contribution in [-0.4, -0.2) is 29.1 Å². The highest BCUT2D eigenvalue weighted by atomic mass is 35.5. The summed E-state index contributed by atoms with van der Waals surface area (Å²) in [7, 11) is 0. The number of benzene rings is 1. The maximum atomic E-state index is 11.1. The van der Waals surface area contributed by atoms with Gasteiger partial charge in [-0.25, -0.2) is 0 Å². The minimum atomic E-state index is -0.689. The second-order valence-electron chi connectivity index (χ2n) is 4.87. The molecule has 4 heteroatoms. The van der Waals surface area contributed by atoms with Crippen LogP contribution in [0.1, 0.15) is 31.4 Å². The van der Waals surface area contributed by atoms with Gasteiger partial charge in [0.1, 0.15) is 0 Å². The van der Waals surface area contributed by atoms with Crippen LogP contribution in [0.25, 0.3) is 0 Å². The van der Waals surface area contributed by atoms with E-state index in [4.69, 9.17) is 16.7 Å². The molecule has 98 valence electrons. The molecule has 2 rings (SSSR count). The quantitative estimate of drug-likeness (QED) is 0.914. The number of hydrogen-bond donors (Lipinski definition) is 1. The molecular formula is C14H18ClNO2. The highest BCUT2D eigenvalue weighted by Crippen LogP contribution is 2.30. The molecule has 1 aliphatic heterocycles. The van der Waals surface area contributed by atoms with E-state index in [-0.39, 0.29) is 12.0 Å². The van der Waals surface area contributed by atoms with Gasteiger partial charge >= 0.3 is 5.97 Å². The van der Waals surface area contributed by atoms with E-state index in [9.17, 15) is 4.79 Å². The zero-order chi connectivity index (χ0) is 13.1. The summed E-state index contributed by atoms with van der Waals surface area (Å²) < 4.78 is 0. The third kappa shape index (κ3) is 2.85. The van der Waals surface area contributed by atoms with Crippen LogP contribution in [0, 0.1) is 5.92 Å². The lowest BCUT2D eigenvalue weighted by atomic mass is 9.95. The van der Waals surface area contributed by atoms with E-state index in [0.29, 0.717) is 6.54 Å². The van der Waals surface area contributed by atoms with Crippen LogP contribution in [0.4, 0.5) is 0 Å². The summed E-state index contributed by atoms with van der Waals surface area (Å²) in [6.45, 7) is 3.64. The summed E-state index contributed by atoms with van der Waals surface area (Å²) in [5.41, 5.74) is 1.07. The minimum absolute atomic E-state index is 0.167. The van der Waals surface area contributed by atoms with Crippen LogP contribution in [-0.2, 0) is 4.79 Å². The topological polar surface area (TPSA) is 40.5 Å². The first-order valence-corrected chi connectivity index (χ1v) is 6.68. The standard InChI is InChI=1S/C14H18ClNO2/c1-10(12-6-2-3-7-13(12)15)16-8-4-5-11(9-16)14(17)18/h2-3,6-7,10-11H,4-5,8-9H2,1H3,(H,17,18). The van der Waals surface area contributed by atoms with Crippen molar-refractivity contribution in [3.8, 4) is 0 Å². The van der Waals surface area contributed by atoms with E-state index in [1.165, 1.54) is 0 Å². The number of halogens is 1. The van der Waals surface area contributed by atoms with Gasteiger partial charge in [0.25, 0.3) is 0 Å². The summed E-state index contributed by atoms with van der Waals surface area (Å²) in [4.78, 5) is 13.3. The molecule has 1 aliphatic rings. The SMILES string of the molecule is CC(c1ccccc1Cl)N1CCCC(C(=O)O)C1. The summed E-state index contributed by atoms with van der Waals surface area (Å²) in [5.74, 6) is -0.935. The zero-order valence-electron chi connectivity index (χ0n) is 10.5. The van der Waals surface area contributed by atoms with E-state index < -0.39 is 5.97 Å². The van der Waals surface area contributed by atoms with E-state index >= 15 is 0 Å². The monoisotopic (exact) mass is 267 g/mol. The molecule has 2 atom stereocenters. The van der Waals surface area contributed by atoms with Gasteiger partial charge in [-0.1, -0.05) is 29.8 Å². The number of carboxylic acid groups (broad SMARTS) is 1. The molecule has 1 aromatic carbocycles. The summed E-state index contributed by atoms with van der Waals surface area (Å²) in [6.07, 6.45) is 1.72. The van der Waals surface area contributed by atoms with Crippen LogP contribution < -0.4 is 0 Å². The Morgan fingerprint density at radius 3 is 2.89 bits per heavy atom. The molecular weight excluding hydrogens is 250 g/mol. The first kappa shape index (κ1) is 13.4. The Labute approximate surface area is 112 Å². The van der Waals surface area contributed by atoms with Gasteiger partial charge in [-0.15, -0.1) is 0 Å². The third-order valence-electron chi connectivity index (χ3n) is 3.71. The maximum absolute atomic E-state index is 11.1. The Kier molecular flexibility index (Phi) is 4.25. The van der Waals surface area contributed by atoms with Gasteiger partial charge in [0.2, 0.25) is 0 Å². The Morgan fingerprint density at radius 1 is 1.50 bits per heavy atom. The van der Waals surface area contributed by atoms with Crippen LogP contribution >= 0.6 is 11.6 Å². The molecule has 3 nitrogen and oxygen atoms in total. The molecule has 18 heavy (non-hydrogen) atoms. The maximum Gasteiger partial charge on any atom is 0.307 e. The molecule has 0 amide bonds. The molecule has 1 saturated heterocycles. The summed E-state index contributed by atoms with van der Waals surface area (Å²) in [5, 5.41) is 9.86. The van der Waals surface area contributed by atoms with Crippen LogP contribution in [0.15, 0.2) is 24.3 Å². The summed E-state index contributed by atoms with van der Waals surface area (Å²) >= 11 is 6.19. The molecule has 0 bridgehead atoms. The molecule has 1 N–H and O–H groups in total. The van der Waals surface area contributed by atoms with Crippen molar-refractivity contribution in [1.29, 1.82) is 0 Å². The average molecular weight is 268 g/mol. The second kappa shape index (κ2) is 5.72. The van der Waals surface area contributed by atoms with Gasteiger partial charge in [-0.2, -0.15) is 0 Å². The number of carbonyl (C=O) groups is 1. The van der Waals surface area contributed by atoms with E-state index in [1.807, 2.05) is 24.3 Å². The molecule has 0 aromatic heterocycles. The van der Waals surface area contributed by atoms with E-state index in [0.717, 1.165) is 30.0 Å². The predicted octanol–water partition coefficient (Wildman–Crippen LogP) is 3.20. The van der Waals surface area contributed by atoms with Crippen molar-refractivity contribution in [2.24, 2.45) is 5.92 Å². The molecule has 1 fully saturated rings. The fraction of sp³-hybridized carbons (Fsp3) is 0.500. The number of nitrogens with zero attached hydrogens (tertiary/aromatic N) is 1. The Balaban J connectivity index is 2.11. The zero-order valence-corrected chi connectivity index (χ0v) is 11.2. The molecule has 1 heterocycles. The second-order valence-corrected chi connectivity index (χ2v) is 5.28. The van der Waals surface area contributed by atoms with E-state index in [2.05, 4.69) is 11.8 Å². The third-order valence-corrected chi connectivity index (χ3v) is 4.05. The molecule has 2 unspecified atom stereocenters. The van der Waals surface area contributed by atoms with Crippen LogP contribution in [0.5, 0.6) is 0 Å². The number of hydrogen-bond acceptors (Lipinski definition) is 2. The van der Waals surface area contributed by atoms with Gasteiger partial charge in [0, 0.05) is 17.6 Å². The molecule has 0 spiro atoms. The number of rotatable bonds is 3. The highest BCUT2D eigenvalue weighted by molar-refractivity contribution is 6.31. The van der Waals surface area contributed by atoms with Crippen molar-refractivity contribution in [1.82, 2.24) is 4.90 Å². The fourth-order valence-electron chi connectivity index (χ4n) is 2.57. The predicted molar refractivity (Wildman–Crippen MR) is 71.8 cm³/mol. The number of piperidine rings is 1. The van der Waals surface area contributed by atoms with E-state index in [1.54, 1.807) is 0 Å². The molecule has 1 aromatic rings. The van der Waals surface area contributed by atoms with Gasteiger partial charge in [0.15, 0.2) is 0 Å². The molecule has 0 radical (unpaired) electrons. The Morgan fingerprint density at radius 2 is 2.22 bits per heavy atom. The van der Waals surface area contributed by atoms with Crippen LogP contribution in [0.2, 0.25) is 5.02 Å². The first-order chi connectivity index (χ1) is 8.59. The van der Waals surface area contributed by atoms with Gasteiger partial charge in [-0.3, -0.25) is 9.69 Å². The van der Waals surface area contributed by atoms with Crippen molar-refractivity contribution >= 4 is 17.6 Å². The smallest absolute Gasteiger partial charge is 0.307 e. The summed E-state index contributed by atoms with van der Waals surface area (Å²) in [6, 6.07) is 7.94. The Hall–Kier alpha value is -1.06. The lowest BCUT2D eigenvalue weighted by Gasteiger charge is -2.35. The minimum Gasteiger partial charge on any atom is -0.481 e. The number of likely N-dealkylation sites (tertiary alicyclic amines) is 1. The normalized spacial score (nSPS) is 22.7. The fourth-order valence-corrected chi connectivity index (χ4v) is 2.86. The Bertz CT molecular complexity index is 436. The highest BCUT2D eigenvalue weighted by Gasteiger charge is 2.28. The lowest BCUT2D eigenvalue weighted by molar-refractivity contribution is -0.143. The van der Waals surface area contributed by atoms with Crippen molar-refractivity contribution < 1.29 is 9.90 Å². The number of carboxylic acids is 1.